The highest BCUT2D eigenvalue weighted by Gasteiger charge is 2.30. The minimum Gasteiger partial charge on any atom is -0.352 e. The molecule has 2 amide bonds. The monoisotopic (exact) mass is 455 g/mol. The van der Waals surface area contributed by atoms with Gasteiger partial charge in [0.25, 0.3) is 5.91 Å². The Labute approximate surface area is 179 Å². The van der Waals surface area contributed by atoms with Gasteiger partial charge in [-0.25, -0.2) is 8.42 Å². The first-order valence-corrected chi connectivity index (χ1v) is 12.0. The molecule has 0 radical (unpaired) electrons. The average Bonchev–Trinajstić information content (AvgIpc) is 3.26. The third-order valence-electron chi connectivity index (χ3n) is 4.66. The molecule has 156 valence electrons. The lowest BCUT2D eigenvalue weighted by Gasteiger charge is -2.34. The maximum Gasteiger partial charge on any atom is 0.252 e. The van der Waals surface area contributed by atoms with Gasteiger partial charge in [0.1, 0.15) is 0 Å². The third-order valence-corrected chi connectivity index (χ3v) is 7.47. The van der Waals surface area contributed by atoms with Crippen molar-refractivity contribution < 1.29 is 18.0 Å². The van der Waals surface area contributed by atoms with Gasteiger partial charge in [0.05, 0.1) is 4.90 Å². The van der Waals surface area contributed by atoms with Gasteiger partial charge in [-0.15, -0.1) is 0 Å². The normalized spacial score (nSPS) is 15.3. The predicted octanol–water partition coefficient (Wildman–Crippen LogP) is 2.44. The Morgan fingerprint density at radius 3 is 2.55 bits per heavy atom. The van der Waals surface area contributed by atoms with Gasteiger partial charge < -0.3 is 10.2 Å². The highest BCUT2D eigenvalue weighted by molar-refractivity contribution is 7.89. The summed E-state index contributed by atoms with van der Waals surface area (Å²) in [6.45, 7) is 1.61. The number of nitrogens with one attached hydrogen (secondary N) is 1. The van der Waals surface area contributed by atoms with Crippen molar-refractivity contribution >= 4 is 44.8 Å². The lowest BCUT2D eigenvalue weighted by molar-refractivity contribution is -0.132. The van der Waals surface area contributed by atoms with Crippen LogP contribution in [-0.4, -0.2) is 62.2 Å². The van der Waals surface area contributed by atoms with E-state index >= 15 is 0 Å². The molecule has 1 fully saturated rings. The average molecular weight is 456 g/mol. The number of hydrogen-bond donors (Lipinski definition) is 1. The molecule has 0 bridgehead atoms. The highest BCUT2D eigenvalue weighted by atomic mass is 35.5. The van der Waals surface area contributed by atoms with E-state index in [0.29, 0.717) is 43.1 Å². The first-order valence-electron chi connectivity index (χ1n) is 9.22. The van der Waals surface area contributed by atoms with Gasteiger partial charge in [0, 0.05) is 55.1 Å². The van der Waals surface area contributed by atoms with Crippen LogP contribution in [0.15, 0.2) is 46.0 Å². The molecule has 29 heavy (non-hydrogen) atoms. The molecule has 0 unspecified atom stereocenters. The molecule has 1 N–H and O–H groups in total. The van der Waals surface area contributed by atoms with Crippen molar-refractivity contribution in [3.8, 4) is 0 Å². The molecule has 1 aliphatic rings. The molecule has 0 atom stereocenters. The van der Waals surface area contributed by atoms with Gasteiger partial charge in [-0.3, -0.25) is 9.59 Å². The van der Waals surface area contributed by atoms with Gasteiger partial charge in [-0.2, -0.15) is 15.6 Å². The molecule has 1 aromatic carbocycles. The number of rotatable bonds is 7. The fraction of sp³-hybridized carbons (Fsp3) is 0.368. The molecule has 0 aliphatic carbocycles. The van der Waals surface area contributed by atoms with E-state index in [2.05, 4.69) is 5.32 Å². The summed E-state index contributed by atoms with van der Waals surface area (Å²) in [5.41, 5.74) is 0.623. The van der Waals surface area contributed by atoms with Crippen LogP contribution in [0.2, 0.25) is 5.02 Å². The van der Waals surface area contributed by atoms with Crippen molar-refractivity contribution in [2.45, 2.75) is 17.7 Å². The Bertz CT molecular complexity index is 956. The highest BCUT2D eigenvalue weighted by Crippen LogP contribution is 2.21. The fourth-order valence-electron chi connectivity index (χ4n) is 3.05. The largest absolute Gasteiger partial charge is 0.352 e. The van der Waals surface area contributed by atoms with Crippen molar-refractivity contribution in [2.24, 2.45) is 0 Å². The number of amides is 2. The molecule has 10 heteroatoms. The van der Waals surface area contributed by atoms with Crippen LogP contribution in [0, 0.1) is 0 Å². The van der Waals surface area contributed by atoms with Crippen LogP contribution >= 0.6 is 22.9 Å². The molecule has 1 aromatic heterocycles. The quantitative estimate of drug-likeness (QED) is 0.649. The first kappa shape index (κ1) is 21.8. The lowest BCUT2D eigenvalue weighted by atomic mass is 10.2. The number of nitrogens with zero attached hydrogens (tertiary/aromatic N) is 2. The fourth-order valence-corrected chi connectivity index (χ4v) is 5.41. The molecule has 0 saturated carbocycles. The van der Waals surface area contributed by atoms with E-state index in [1.165, 1.54) is 27.8 Å². The minimum atomic E-state index is -3.62. The second-order valence-corrected chi connectivity index (χ2v) is 9.77. The van der Waals surface area contributed by atoms with Gasteiger partial charge in [0.15, 0.2) is 0 Å². The zero-order chi connectivity index (χ0) is 20.9. The molecule has 0 spiro atoms. The van der Waals surface area contributed by atoms with Gasteiger partial charge >= 0.3 is 0 Å². The van der Waals surface area contributed by atoms with Gasteiger partial charge in [0.2, 0.25) is 15.9 Å². The van der Waals surface area contributed by atoms with Crippen molar-refractivity contribution in [2.75, 3.05) is 32.7 Å². The van der Waals surface area contributed by atoms with Crippen LogP contribution in [0.1, 0.15) is 23.2 Å². The molecule has 1 saturated heterocycles. The second kappa shape index (κ2) is 9.71. The van der Waals surface area contributed by atoms with Crippen LogP contribution in [-0.2, 0) is 14.8 Å². The Morgan fingerprint density at radius 1 is 1.14 bits per heavy atom. The van der Waals surface area contributed by atoms with Gasteiger partial charge in [-0.1, -0.05) is 17.7 Å². The summed E-state index contributed by atoms with van der Waals surface area (Å²) < 4.78 is 26.8. The van der Waals surface area contributed by atoms with E-state index in [1.807, 2.05) is 5.38 Å². The van der Waals surface area contributed by atoms with Crippen molar-refractivity contribution in [3.05, 3.63) is 51.7 Å². The second-order valence-electron chi connectivity index (χ2n) is 6.61. The van der Waals surface area contributed by atoms with Gasteiger partial charge in [-0.05, 0) is 36.1 Å². The number of sulfonamides is 1. The summed E-state index contributed by atoms with van der Waals surface area (Å²) in [5, 5.41) is 6.77. The van der Waals surface area contributed by atoms with Crippen LogP contribution in [0.25, 0.3) is 0 Å². The number of thiophene rings is 1. The van der Waals surface area contributed by atoms with Crippen molar-refractivity contribution in [1.29, 1.82) is 0 Å². The minimum absolute atomic E-state index is 0.0328. The molecular weight excluding hydrogens is 434 g/mol. The van der Waals surface area contributed by atoms with E-state index < -0.39 is 10.0 Å². The molecular formula is C19H22ClN3O4S2. The Kier molecular flexibility index (Phi) is 7.28. The van der Waals surface area contributed by atoms with E-state index in [1.54, 1.807) is 28.5 Å². The maximum absolute atomic E-state index is 12.7. The molecule has 2 heterocycles. The number of carbonyl (C=O) groups is 2. The molecule has 3 rings (SSSR count). The zero-order valence-corrected chi connectivity index (χ0v) is 18.1. The number of hydrogen-bond acceptors (Lipinski definition) is 5. The van der Waals surface area contributed by atoms with Crippen LogP contribution < -0.4 is 5.32 Å². The number of carbonyl (C=O) groups excluding carboxylic acids is 2. The molecule has 7 nitrogen and oxygen atoms in total. The summed E-state index contributed by atoms with van der Waals surface area (Å²) in [4.78, 5) is 26.1. The van der Waals surface area contributed by atoms with Crippen LogP contribution in [0.3, 0.4) is 0 Å². The lowest BCUT2D eigenvalue weighted by Crippen LogP contribution is -2.50. The van der Waals surface area contributed by atoms with E-state index in [4.69, 9.17) is 11.6 Å². The van der Waals surface area contributed by atoms with E-state index in [0.717, 1.165) is 0 Å². The summed E-state index contributed by atoms with van der Waals surface area (Å²) in [7, 11) is -3.62. The standard InChI is InChI=1S/C19H22ClN3O4S2/c20-16-3-1-4-17(13-16)29(26,27)23-10-8-22(9-11-23)18(24)5-2-7-21-19(25)15-6-12-28-14-15/h1,3-4,6,12-14H,2,5,7-11H2,(H,21,25). The molecule has 1 aliphatic heterocycles. The van der Waals surface area contributed by atoms with Crippen LogP contribution in [0.5, 0.6) is 0 Å². The number of benzene rings is 1. The third kappa shape index (κ3) is 5.57. The first-order chi connectivity index (χ1) is 13.9. The SMILES string of the molecule is O=C(NCCCC(=O)N1CCN(S(=O)(=O)c2cccc(Cl)c2)CC1)c1ccsc1. The Hall–Kier alpha value is -1.94. The van der Waals surface area contributed by atoms with E-state index in [9.17, 15) is 18.0 Å². The van der Waals surface area contributed by atoms with Crippen molar-refractivity contribution in [1.82, 2.24) is 14.5 Å². The predicted molar refractivity (Wildman–Crippen MR) is 113 cm³/mol. The summed E-state index contributed by atoms with van der Waals surface area (Å²) >= 11 is 7.36. The zero-order valence-electron chi connectivity index (χ0n) is 15.7. The maximum atomic E-state index is 12.7. The number of piperazine rings is 1. The number of halogens is 1. The summed E-state index contributed by atoms with van der Waals surface area (Å²) in [6, 6.07) is 7.93. The topological polar surface area (TPSA) is 86.8 Å². The Morgan fingerprint density at radius 2 is 1.90 bits per heavy atom. The smallest absolute Gasteiger partial charge is 0.252 e. The van der Waals surface area contributed by atoms with E-state index in [-0.39, 0.29) is 29.8 Å². The summed E-state index contributed by atoms with van der Waals surface area (Å²) in [6.07, 6.45) is 0.848. The van der Waals surface area contributed by atoms with Crippen molar-refractivity contribution in [3.63, 3.8) is 0 Å². The summed E-state index contributed by atoms with van der Waals surface area (Å²) in [5.74, 6) is -0.173. The Balaban J connectivity index is 1.43. The molecule has 2 aromatic rings. The van der Waals surface area contributed by atoms with Crippen LogP contribution in [0.4, 0.5) is 0 Å².